The molecule has 132 valence electrons. The van der Waals surface area contributed by atoms with Crippen LogP contribution in [-0.2, 0) is 4.79 Å². The van der Waals surface area contributed by atoms with Crippen LogP contribution in [0.25, 0.3) is 0 Å². The minimum atomic E-state index is -0.548. The Balaban J connectivity index is 2.13. The van der Waals surface area contributed by atoms with Gasteiger partial charge in [-0.25, -0.2) is 0 Å². The van der Waals surface area contributed by atoms with Crippen molar-refractivity contribution in [1.29, 1.82) is 0 Å². The fourth-order valence-corrected chi connectivity index (χ4v) is 2.89. The highest BCUT2D eigenvalue weighted by Crippen LogP contribution is 2.18. The normalized spacial score (nSPS) is 19.0. The predicted molar refractivity (Wildman–Crippen MR) is 93.1 cm³/mol. The zero-order chi connectivity index (χ0) is 17.7. The van der Waals surface area contributed by atoms with Gasteiger partial charge in [-0.3, -0.25) is 9.59 Å². The van der Waals surface area contributed by atoms with Crippen molar-refractivity contribution in [2.24, 2.45) is 5.92 Å². The average molecular weight is 333 g/mol. The standard InChI is InChI=1S/C18H27N3O3/c1-12(2)16(18(23)21-10-9-19-13(3)11-21)20-17(22)14-7-5-6-8-15(14)24-4/h5-8,12-13,16,19H,9-11H2,1-4H3,(H,20,22). The third kappa shape index (κ3) is 4.26. The van der Waals surface area contributed by atoms with Crippen LogP contribution in [0.5, 0.6) is 5.75 Å². The molecule has 24 heavy (non-hydrogen) atoms. The van der Waals surface area contributed by atoms with Crippen molar-refractivity contribution in [3.05, 3.63) is 29.8 Å². The van der Waals surface area contributed by atoms with Crippen LogP contribution < -0.4 is 15.4 Å². The molecule has 0 aliphatic carbocycles. The number of hydrogen-bond acceptors (Lipinski definition) is 4. The molecule has 6 heteroatoms. The zero-order valence-corrected chi connectivity index (χ0v) is 14.8. The maximum atomic E-state index is 12.9. The van der Waals surface area contributed by atoms with E-state index in [4.69, 9.17) is 4.74 Å². The first-order valence-electron chi connectivity index (χ1n) is 8.40. The Labute approximate surface area is 143 Å². The third-order valence-corrected chi connectivity index (χ3v) is 4.25. The van der Waals surface area contributed by atoms with Crippen molar-refractivity contribution in [2.75, 3.05) is 26.7 Å². The molecule has 2 atom stereocenters. The summed E-state index contributed by atoms with van der Waals surface area (Å²) in [6, 6.07) is 6.74. The van der Waals surface area contributed by atoms with Crippen molar-refractivity contribution in [1.82, 2.24) is 15.5 Å². The first kappa shape index (κ1) is 18.3. The molecule has 0 aromatic heterocycles. The Morgan fingerprint density at radius 3 is 2.67 bits per heavy atom. The van der Waals surface area contributed by atoms with Gasteiger partial charge < -0.3 is 20.3 Å². The second kappa shape index (κ2) is 8.15. The van der Waals surface area contributed by atoms with Gasteiger partial charge in [0.2, 0.25) is 5.91 Å². The van der Waals surface area contributed by atoms with Crippen LogP contribution in [-0.4, -0.2) is 55.5 Å². The summed E-state index contributed by atoms with van der Waals surface area (Å²) in [5, 5.41) is 6.21. The van der Waals surface area contributed by atoms with Gasteiger partial charge in [-0.05, 0) is 25.0 Å². The molecule has 0 bridgehead atoms. The highest BCUT2D eigenvalue weighted by atomic mass is 16.5. The molecule has 1 aliphatic rings. The lowest BCUT2D eigenvalue weighted by molar-refractivity contribution is -0.135. The van der Waals surface area contributed by atoms with Crippen LogP contribution in [0, 0.1) is 5.92 Å². The summed E-state index contributed by atoms with van der Waals surface area (Å²) in [7, 11) is 1.53. The monoisotopic (exact) mass is 333 g/mol. The molecule has 0 spiro atoms. The Hall–Kier alpha value is -2.08. The largest absolute Gasteiger partial charge is 0.496 e. The molecular weight excluding hydrogens is 306 g/mol. The van der Waals surface area contributed by atoms with Crippen molar-refractivity contribution >= 4 is 11.8 Å². The maximum absolute atomic E-state index is 12.9. The number of amides is 2. The van der Waals surface area contributed by atoms with E-state index in [-0.39, 0.29) is 23.8 Å². The molecular formula is C18H27N3O3. The summed E-state index contributed by atoms with van der Waals surface area (Å²) in [5.41, 5.74) is 0.437. The number of rotatable bonds is 5. The van der Waals surface area contributed by atoms with Gasteiger partial charge in [-0.2, -0.15) is 0 Å². The van der Waals surface area contributed by atoms with Crippen LogP contribution in [0.1, 0.15) is 31.1 Å². The Kier molecular flexibility index (Phi) is 6.20. The van der Waals surface area contributed by atoms with E-state index in [1.54, 1.807) is 18.2 Å². The quantitative estimate of drug-likeness (QED) is 0.851. The van der Waals surface area contributed by atoms with Crippen molar-refractivity contribution in [3.63, 3.8) is 0 Å². The number of para-hydroxylation sites is 1. The van der Waals surface area contributed by atoms with Crippen LogP contribution in [0.4, 0.5) is 0 Å². The topological polar surface area (TPSA) is 70.7 Å². The molecule has 2 N–H and O–H groups in total. The Morgan fingerprint density at radius 1 is 1.33 bits per heavy atom. The summed E-state index contributed by atoms with van der Waals surface area (Å²) in [5.74, 6) is 0.186. The summed E-state index contributed by atoms with van der Waals surface area (Å²) in [4.78, 5) is 27.3. The Morgan fingerprint density at radius 2 is 2.04 bits per heavy atom. The first-order chi connectivity index (χ1) is 11.4. The van der Waals surface area contributed by atoms with E-state index in [0.717, 1.165) is 6.54 Å². The van der Waals surface area contributed by atoms with Crippen molar-refractivity contribution in [3.8, 4) is 5.75 Å². The second-order valence-corrected chi connectivity index (χ2v) is 6.53. The first-order valence-corrected chi connectivity index (χ1v) is 8.40. The van der Waals surface area contributed by atoms with Gasteiger partial charge >= 0.3 is 0 Å². The number of piperazine rings is 1. The van der Waals surface area contributed by atoms with Gasteiger partial charge in [0.05, 0.1) is 12.7 Å². The summed E-state index contributed by atoms with van der Waals surface area (Å²) >= 11 is 0. The number of carbonyl (C=O) groups excluding carboxylic acids is 2. The van der Waals surface area contributed by atoms with E-state index in [2.05, 4.69) is 17.6 Å². The van der Waals surface area contributed by atoms with Gasteiger partial charge in [0.25, 0.3) is 5.91 Å². The fourth-order valence-electron chi connectivity index (χ4n) is 2.89. The van der Waals surface area contributed by atoms with E-state index in [9.17, 15) is 9.59 Å². The molecule has 2 rings (SSSR count). The summed E-state index contributed by atoms with van der Waals surface area (Å²) in [6.45, 7) is 8.03. The SMILES string of the molecule is COc1ccccc1C(=O)NC(C(=O)N1CCNC(C)C1)C(C)C. The molecule has 1 heterocycles. The van der Waals surface area contributed by atoms with Crippen LogP contribution >= 0.6 is 0 Å². The molecule has 1 aliphatic heterocycles. The molecule has 1 aromatic carbocycles. The van der Waals surface area contributed by atoms with E-state index in [1.165, 1.54) is 7.11 Å². The lowest BCUT2D eigenvalue weighted by Gasteiger charge is -2.35. The number of methoxy groups -OCH3 is 1. The fraction of sp³-hybridized carbons (Fsp3) is 0.556. The summed E-state index contributed by atoms with van der Waals surface area (Å²) < 4.78 is 5.23. The van der Waals surface area contributed by atoms with E-state index in [1.807, 2.05) is 24.8 Å². The van der Waals surface area contributed by atoms with Gasteiger partial charge in [0.15, 0.2) is 0 Å². The van der Waals surface area contributed by atoms with Crippen molar-refractivity contribution < 1.29 is 14.3 Å². The molecule has 1 aromatic rings. The molecule has 1 saturated heterocycles. The Bertz CT molecular complexity index is 589. The number of hydrogen-bond donors (Lipinski definition) is 2. The third-order valence-electron chi connectivity index (χ3n) is 4.25. The molecule has 0 saturated carbocycles. The zero-order valence-electron chi connectivity index (χ0n) is 14.8. The van der Waals surface area contributed by atoms with Gasteiger partial charge in [-0.15, -0.1) is 0 Å². The minimum absolute atomic E-state index is 0.00125. The molecule has 2 amide bonds. The number of benzene rings is 1. The van der Waals surface area contributed by atoms with Crippen LogP contribution in [0.2, 0.25) is 0 Å². The van der Waals surface area contributed by atoms with E-state index in [0.29, 0.717) is 24.4 Å². The predicted octanol–water partition coefficient (Wildman–Crippen LogP) is 1.27. The maximum Gasteiger partial charge on any atom is 0.255 e. The minimum Gasteiger partial charge on any atom is -0.496 e. The average Bonchev–Trinajstić information content (AvgIpc) is 2.58. The van der Waals surface area contributed by atoms with Gasteiger partial charge in [0.1, 0.15) is 11.8 Å². The van der Waals surface area contributed by atoms with Crippen LogP contribution in [0.3, 0.4) is 0 Å². The van der Waals surface area contributed by atoms with Crippen LogP contribution in [0.15, 0.2) is 24.3 Å². The smallest absolute Gasteiger partial charge is 0.255 e. The number of nitrogens with one attached hydrogen (secondary N) is 2. The van der Waals surface area contributed by atoms with Gasteiger partial charge in [0, 0.05) is 25.7 Å². The molecule has 6 nitrogen and oxygen atoms in total. The van der Waals surface area contributed by atoms with Gasteiger partial charge in [-0.1, -0.05) is 26.0 Å². The highest BCUT2D eigenvalue weighted by molar-refractivity contribution is 5.99. The van der Waals surface area contributed by atoms with Crippen molar-refractivity contribution in [2.45, 2.75) is 32.9 Å². The molecule has 2 unspecified atom stereocenters. The number of nitrogens with zero attached hydrogens (tertiary/aromatic N) is 1. The summed E-state index contributed by atoms with van der Waals surface area (Å²) in [6.07, 6.45) is 0. The second-order valence-electron chi connectivity index (χ2n) is 6.53. The highest BCUT2D eigenvalue weighted by Gasteiger charge is 2.31. The van der Waals surface area contributed by atoms with E-state index < -0.39 is 6.04 Å². The molecule has 1 fully saturated rings. The number of carbonyl (C=O) groups is 2. The molecule has 0 radical (unpaired) electrons. The number of ether oxygens (including phenoxy) is 1. The lowest BCUT2D eigenvalue weighted by atomic mass is 10.0. The van der Waals surface area contributed by atoms with E-state index >= 15 is 0 Å². The lowest BCUT2D eigenvalue weighted by Crippen LogP contribution is -2.57.